The molecule has 0 aliphatic rings. The minimum atomic E-state index is -0.259. The first-order valence-corrected chi connectivity index (χ1v) is 8.95. The Morgan fingerprint density at radius 2 is 1.57 bits per heavy atom. The van der Waals surface area contributed by atoms with Crippen LogP contribution in [0.4, 0.5) is 5.69 Å². The number of anilines is 1. The van der Waals surface area contributed by atoms with Gasteiger partial charge in [-0.05, 0) is 48.9 Å². The van der Waals surface area contributed by atoms with Crippen LogP contribution in [0.2, 0.25) is 0 Å². The van der Waals surface area contributed by atoms with Crippen LogP contribution in [0.15, 0.2) is 72.8 Å². The summed E-state index contributed by atoms with van der Waals surface area (Å²) < 4.78 is 5.29. The van der Waals surface area contributed by atoms with Gasteiger partial charge in [0.1, 0.15) is 5.75 Å². The smallest absolute Gasteiger partial charge is 0.255 e. The fourth-order valence-corrected chi connectivity index (χ4v) is 2.85. The molecule has 0 heterocycles. The van der Waals surface area contributed by atoms with Crippen molar-refractivity contribution in [1.82, 2.24) is 5.32 Å². The van der Waals surface area contributed by atoms with Gasteiger partial charge in [-0.25, -0.2) is 0 Å². The molecule has 5 nitrogen and oxygen atoms in total. The molecule has 28 heavy (non-hydrogen) atoms. The summed E-state index contributed by atoms with van der Waals surface area (Å²) in [7, 11) is 1.59. The van der Waals surface area contributed by atoms with E-state index in [1.165, 1.54) is 0 Å². The summed E-state index contributed by atoms with van der Waals surface area (Å²) in [5, 5.41) is 5.71. The predicted molar refractivity (Wildman–Crippen MR) is 110 cm³/mol. The van der Waals surface area contributed by atoms with Crippen molar-refractivity contribution in [1.29, 1.82) is 0 Å². The molecule has 0 aromatic heterocycles. The van der Waals surface area contributed by atoms with Gasteiger partial charge in [0.2, 0.25) is 0 Å². The molecule has 3 aromatic carbocycles. The van der Waals surface area contributed by atoms with Crippen molar-refractivity contribution >= 4 is 17.5 Å². The Labute approximate surface area is 164 Å². The molecule has 0 atom stereocenters. The molecule has 0 unspecified atom stereocenters. The second kappa shape index (κ2) is 8.86. The third kappa shape index (κ3) is 4.76. The second-order valence-electron chi connectivity index (χ2n) is 6.40. The van der Waals surface area contributed by atoms with Crippen molar-refractivity contribution < 1.29 is 14.3 Å². The van der Waals surface area contributed by atoms with Crippen LogP contribution in [0.5, 0.6) is 5.75 Å². The average Bonchev–Trinajstić information content (AvgIpc) is 2.72. The molecule has 0 saturated heterocycles. The lowest BCUT2D eigenvalue weighted by Gasteiger charge is -2.10. The number of aryl methyl sites for hydroxylation is 1. The number of amides is 2. The lowest BCUT2D eigenvalue weighted by molar-refractivity contribution is 0.0950. The fraction of sp³-hybridized carbons (Fsp3) is 0.130. The maximum atomic E-state index is 12.5. The highest BCUT2D eigenvalue weighted by Crippen LogP contribution is 2.17. The topological polar surface area (TPSA) is 67.4 Å². The van der Waals surface area contributed by atoms with E-state index in [0.29, 0.717) is 23.4 Å². The van der Waals surface area contributed by atoms with Gasteiger partial charge in [-0.2, -0.15) is 0 Å². The van der Waals surface area contributed by atoms with E-state index in [1.54, 1.807) is 31.4 Å². The highest BCUT2D eigenvalue weighted by Gasteiger charge is 2.12. The summed E-state index contributed by atoms with van der Waals surface area (Å²) in [6, 6.07) is 21.7. The SMILES string of the molecule is COc1ccccc1CNC(=O)c1cccc(C(=O)Nc2cccc(C)c2)c1. The van der Waals surface area contributed by atoms with Crippen LogP contribution in [-0.2, 0) is 6.54 Å². The molecule has 0 aliphatic heterocycles. The van der Waals surface area contributed by atoms with Crippen molar-refractivity contribution in [3.8, 4) is 5.75 Å². The summed E-state index contributed by atoms with van der Waals surface area (Å²) in [5.74, 6) is 0.204. The van der Waals surface area contributed by atoms with E-state index in [-0.39, 0.29) is 11.8 Å². The van der Waals surface area contributed by atoms with Crippen LogP contribution in [0.3, 0.4) is 0 Å². The van der Waals surface area contributed by atoms with E-state index in [2.05, 4.69) is 10.6 Å². The Morgan fingerprint density at radius 3 is 2.32 bits per heavy atom. The zero-order valence-corrected chi connectivity index (χ0v) is 15.9. The summed E-state index contributed by atoms with van der Waals surface area (Å²) in [6.45, 7) is 2.30. The van der Waals surface area contributed by atoms with Gasteiger partial charge >= 0.3 is 0 Å². The number of carbonyl (C=O) groups excluding carboxylic acids is 2. The Bertz CT molecular complexity index is 998. The Kier molecular flexibility index (Phi) is 6.07. The molecule has 0 spiro atoms. The molecular weight excluding hydrogens is 352 g/mol. The van der Waals surface area contributed by atoms with Crippen LogP contribution in [0, 0.1) is 6.92 Å². The molecule has 0 fully saturated rings. The molecule has 5 heteroatoms. The lowest BCUT2D eigenvalue weighted by Crippen LogP contribution is -2.23. The van der Waals surface area contributed by atoms with Gasteiger partial charge in [0.25, 0.3) is 11.8 Å². The van der Waals surface area contributed by atoms with Crippen molar-refractivity contribution in [3.63, 3.8) is 0 Å². The third-order valence-electron chi connectivity index (χ3n) is 4.29. The molecule has 142 valence electrons. The zero-order chi connectivity index (χ0) is 19.9. The standard InChI is InChI=1S/C23H22N2O3/c1-16-7-5-11-20(13-16)25-23(27)18-10-6-9-17(14-18)22(26)24-15-19-8-3-4-12-21(19)28-2/h3-14H,15H2,1-2H3,(H,24,26)(H,25,27). The molecule has 0 saturated carbocycles. The van der Waals surface area contributed by atoms with Crippen molar-refractivity contribution in [2.24, 2.45) is 0 Å². The minimum absolute atomic E-state index is 0.254. The summed E-state index contributed by atoms with van der Waals surface area (Å²) in [6.07, 6.45) is 0. The highest BCUT2D eigenvalue weighted by atomic mass is 16.5. The molecule has 3 aromatic rings. The molecule has 0 radical (unpaired) electrons. The largest absolute Gasteiger partial charge is 0.496 e. The van der Waals surface area contributed by atoms with Gasteiger partial charge in [-0.15, -0.1) is 0 Å². The molecule has 2 N–H and O–H groups in total. The number of hydrogen-bond acceptors (Lipinski definition) is 3. The summed E-state index contributed by atoms with van der Waals surface area (Å²) in [4.78, 5) is 25.0. The normalized spacial score (nSPS) is 10.2. The van der Waals surface area contributed by atoms with Crippen LogP contribution >= 0.6 is 0 Å². The first kappa shape index (κ1) is 19.2. The van der Waals surface area contributed by atoms with E-state index in [9.17, 15) is 9.59 Å². The summed E-state index contributed by atoms with van der Waals surface area (Å²) >= 11 is 0. The predicted octanol–water partition coefficient (Wildman–Crippen LogP) is 4.19. The van der Waals surface area contributed by atoms with Crippen LogP contribution < -0.4 is 15.4 Å². The third-order valence-corrected chi connectivity index (χ3v) is 4.29. The van der Waals surface area contributed by atoms with Crippen molar-refractivity contribution in [2.45, 2.75) is 13.5 Å². The van der Waals surface area contributed by atoms with Crippen LogP contribution in [0.1, 0.15) is 31.8 Å². The summed E-state index contributed by atoms with van der Waals surface area (Å²) in [5.41, 5.74) is 3.50. The second-order valence-corrected chi connectivity index (χ2v) is 6.40. The highest BCUT2D eigenvalue weighted by molar-refractivity contribution is 6.06. The number of ether oxygens (including phenoxy) is 1. The molecule has 3 rings (SSSR count). The van der Waals surface area contributed by atoms with Gasteiger partial charge < -0.3 is 15.4 Å². The van der Waals surface area contributed by atoms with Crippen molar-refractivity contribution in [2.75, 3.05) is 12.4 Å². The maximum absolute atomic E-state index is 12.5. The number of para-hydroxylation sites is 1. The Hall–Kier alpha value is -3.60. The number of benzene rings is 3. The number of methoxy groups -OCH3 is 1. The number of hydrogen-bond donors (Lipinski definition) is 2. The quantitative estimate of drug-likeness (QED) is 0.680. The van der Waals surface area contributed by atoms with Gasteiger partial charge in [0.15, 0.2) is 0 Å². The molecular formula is C23H22N2O3. The first-order chi connectivity index (χ1) is 13.6. The van der Waals surface area contributed by atoms with E-state index >= 15 is 0 Å². The lowest BCUT2D eigenvalue weighted by atomic mass is 10.1. The van der Waals surface area contributed by atoms with E-state index in [1.807, 2.05) is 55.5 Å². The fourth-order valence-electron chi connectivity index (χ4n) is 2.85. The van der Waals surface area contributed by atoms with Gasteiger partial charge in [-0.1, -0.05) is 36.4 Å². The number of rotatable bonds is 6. The molecule has 0 aliphatic carbocycles. The molecule has 2 amide bonds. The van der Waals surface area contributed by atoms with Crippen LogP contribution in [0.25, 0.3) is 0 Å². The van der Waals surface area contributed by atoms with E-state index in [0.717, 1.165) is 16.8 Å². The Morgan fingerprint density at radius 1 is 0.857 bits per heavy atom. The Balaban J connectivity index is 1.68. The number of nitrogens with one attached hydrogen (secondary N) is 2. The number of carbonyl (C=O) groups is 2. The van der Waals surface area contributed by atoms with E-state index in [4.69, 9.17) is 4.74 Å². The van der Waals surface area contributed by atoms with Crippen LogP contribution in [-0.4, -0.2) is 18.9 Å². The average molecular weight is 374 g/mol. The first-order valence-electron chi connectivity index (χ1n) is 8.95. The van der Waals surface area contributed by atoms with Crippen molar-refractivity contribution in [3.05, 3.63) is 95.1 Å². The minimum Gasteiger partial charge on any atom is -0.496 e. The van der Waals surface area contributed by atoms with E-state index < -0.39 is 0 Å². The van der Waals surface area contributed by atoms with Gasteiger partial charge in [-0.3, -0.25) is 9.59 Å². The zero-order valence-electron chi connectivity index (χ0n) is 15.9. The van der Waals surface area contributed by atoms with Gasteiger partial charge in [0, 0.05) is 28.9 Å². The monoisotopic (exact) mass is 374 g/mol. The maximum Gasteiger partial charge on any atom is 0.255 e. The molecule has 0 bridgehead atoms. The van der Waals surface area contributed by atoms with Gasteiger partial charge in [0.05, 0.1) is 7.11 Å².